The number of benzene rings is 1. The van der Waals surface area contributed by atoms with Crippen molar-refractivity contribution in [2.45, 2.75) is 63.5 Å². The third-order valence-corrected chi connectivity index (χ3v) is 9.65. The van der Waals surface area contributed by atoms with Crippen LogP contribution in [0.5, 0.6) is 0 Å². The Kier molecular flexibility index (Phi) is 10.3. The first-order valence-electron chi connectivity index (χ1n) is 15.1. The number of aliphatic hydroxyl groups excluding tert-OH is 1. The molecule has 0 saturated carbocycles. The van der Waals surface area contributed by atoms with Crippen molar-refractivity contribution in [3.63, 3.8) is 0 Å². The molecule has 12 heteroatoms. The van der Waals surface area contributed by atoms with Gasteiger partial charge in [0.1, 0.15) is 6.29 Å². The van der Waals surface area contributed by atoms with Gasteiger partial charge in [-0.1, -0.05) is 37.3 Å². The number of halogens is 1. The van der Waals surface area contributed by atoms with E-state index in [-0.39, 0.29) is 30.8 Å². The fraction of sp³-hybridized carbons (Fsp3) is 0.438. The highest BCUT2D eigenvalue weighted by molar-refractivity contribution is 9.12. The smallest absolute Gasteiger partial charge is 0.321 e. The van der Waals surface area contributed by atoms with E-state index in [1.54, 1.807) is 17.1 Å². The minimum absolute atomic E-state index is 0.00972. The highest BCUT2D eigenvalue weighted by Crippen LogP contribution is 2.38. The van der Waals surface area contributed by atoms with Crippen molar-refractivity contribution in [2.75, 3.05) is 19.7 Å². The molecular formula is C32H38BrN7O4. The van der Waals surface area contributed by atoms with Crippen molar-refractivity contribution in [1.82, 2.24) is 25.3 Å². The largest absolute Gasteiger partial charge is 0.396 e. The SMILES string of the molecule is CC1CCC(C2CCN(C(C=O)C3CC(=O)NC(=O)N3)CC2)=C(Br)C(=N)n2ncc(/C=C/N=C(CCO)c3ccccc3)c21. The molecule has 232 valence electrons. The first-order chi connectivity index (χ1) is 21.3. The van der Waals surface area contributed by atoms with Gasteiger partial charge in [-0.15, -0.1) is 0 Å². The summed E-state index contributed by atoms with van der Waals surface area (Å²) in [5, 5.41) is 28.1. The molecule has 3 aliphatic rings. The molecule has 0 bridgehead atoms. The molecule has 2 aromatic rings. The van der Waals surface area contributed by atoms with Gasteiger partial charge in [0.25, 0.3) is 0 Å². The van der Waals surface area contributed by atoms with Crippen LogP contribution in [0.3, 0.4) is 0 Å². The van der Waals surface area contributed by atoms with Gasteiger partial charge in [-0.05, 0) is 83.8 Å². The third kappa shape index (κ3) is 6.98. The molecule has 0 aliphatic carbocycles. The first kappa shape index (κ1) is 31.7. The zero-order valence-electron chi connectivity index (χ0n) is 24.7. The molecular weight excluding hydrogens is 626 g/mol. The minimum atomic E-state index is -0.563. The van der Waals surface area contributed by atoms with Gasteiger partial charge in [0, 0.05) is 36.9 Å². The lowest BCUT2D eigenvalue weighted by Gasteiger charge is -2.40. The Balaban J connectivity index is 1.31. The third-order valence-electron chi connectivity index (χ3n) is 8.76. The number of hydrogen-bond acceptors (Lipinski definition) is 8. The fourth-order valence-electron chi connectivity index (χ4n) is 6.47. The van der Waals surface area contributed by atoms with Crippen LogP contribution in [0.15, 0.2) is 57.8 Å². The van der Waals surface area contributed by atoms with Crippen molar-refractivity contribution in [3.8, 4) is 0 Å². The number of aliphatic hydroxyl groups is 1. The number of aliphatic imine (C=N–C) groups is 1. The van der Waals surface area contributed by atoms with Crippen LogP contribution in [0.4, 0.5) is 4.79 Å². The number of fused-ring (bicyclic) bond motifs is 1. The summed E-state index contributed by atoms with van der Waals surface area (Å²) >= 11 is 3.76. The van der Waals surface area contributed by atoms with Gasteiger partial charge in [-0.3, -0.25) is 25.4 Å². The Morgan fingerprint density at radius 3 is 2.66 bits per heavy atom. The first-order valence-corrected chi connectivity index (χ1v) is 15.8. The van der Waals surface area contributed by atoms with Crippen molar-refractivity contribution in [2.24, 2.45) is 10.9 Å². The Morgan fingerprint density at radius 2 is 1.98 bits per heavy atom. The van der Waals surface area contributed by atoms with Crippen LogP contribution < -0.4 is 10.6 Å². The van der Waals surface area contributed by atoms with Gasteiger partial charge in [0.2, 0.25) is 5.91 Å². The molecule has 4 N–H and O–H groups in total. The number of nitrogens with zero attached hydrogens (tertiary/aromatic N) is 4. The van der Waals surface area contributed by atoms with Crippen molar-refractivity contribution >= 4 is 51.8 Å². The van der Waals surface area contributed by atoms with Gasteiger partial charge in [0.05, 0.1) is 28.5 Å². The van der Waals surface area contributed by atoms with E-state index in [9.17, 15) is 19.5 Å². The number of urea groups is 1. The number of aldehydes is 1. The quantitative estimate of drug-likeness (QED) is 0.235. The Hall–Kier alpha value is -3.74. The fourth-order valence-corrected chi connectivity index (χ4v) is 7.16. The summed E-state index contributed by atoms with van der Waals surface area (Å²) in [5.74, 6) is 0.293. The van der Waals surface area contributed by atoms with Gasteiger partial charge < -0.3 is 15.2 Å². The maximum atomic E-state index is 12.0. The van der Waals surface area contributed by atoms with E-state index in [1.807, 2.05) is 36.4 Å². The summed E-state index contributed by atoms with van der Waals surface area (Å²) in [6.45, 7) is 3.47. The van der Waals surface area contributed by atoms with E-state index >= 15 is 0 Å². The molecule has 3 amide bonds. The lowest BCUT2D eigenvalue weighted by molar-refractivity contribution is -0.122. The summed E-state index contributed by atoms with van der Waals surface area (Å²) in [5.41, 5.74) is 4.82. The summed E-state index contributed by atoms with van der Waals surface area (Å²) in [4.78, 5) is 42.4. The van der Waals surface area contributed by atoms with Crippen LogP contribution >= 0.6 is 15.9 Å². The molecule has 0 radical (unpaired) electrons. The number of aromatic nitrogens is 2. The number of piperidine rings is 1. The van der Waals surface area contributed by atoms with E-state index in [0.717, 1.165) is 59.0 Å². The zero-order valence-corrected chi connectivity index (χ0v) is 26.3. The number of amides is 3. The van der Waals surface area contributed by atoms with E-state index in [2.05, 4.69) is 48.5 Å². The number of hydrogen-bond donors (Lipinski definition) is 4. The van der Waals surface area contributed by atoms with Gasteiger partial charge in [-0.25, -0.2) is 9.48 Å². The molecule has 3 aliphatic heterocycles. The highest BCUT2D eigenvalue weighted by Gasteiger charge is 2.37. The lowest BCUT2D eigenvalue weighted by atomic mass is 9.82. The Labute approximate surface area is 265 Å². The topological polar surface area (TPSA) is 153 Å². The van der Waals surface area contributed by atoms with Crippen LogP contribution in [0.2, 0.25) is 0 Å². The number of imide groups is 1. The van der Waals surface area contributed by atoms with Gasteiger partial charge in [-0.2, -0.15) is 5.10 Å². The molecule has 0 spiro atoms. The Morgan fingerprint density at radius 1 is 1.23 bits per heavy atom. The maximum Gasteiger partial charge on any atom is 0.321 e. The molecule has 2 fully saturated rings. The molecule has 4 heterocycles. The van der Waals surface area contributed by atoms with Crippen LogP contribution in [0.1, 0.15) is 68.2 Å². The molecule has 2 saturated heterocycles. The number of allylic oxidation sites excluding steroid dienone is 2. The number of rotatable bonds is 9. The van der Waals surface area contributed by atoms with Gasteiger partial charge in [0.15, 0.2) is 5.84 Å². The number of likely N-dealkylation sites (tertiary alicyclic amines) is 1. The monoisotopic (exact) mass is 663 g/mol. The minimum Gasteiger partial charge on any atom is -0.396 e. The second-order valence-electron chi connectivity index (χ2n) is 11.5. The predicted molar refractivity (Wildman–Crippen MR) is 172 cm³/mol. The zero-order chi connectivity index (χ0) is 31.2. The average molecular weight is 665 g/mol. The van der Waals surface area contributed by atoms with Crippen LogP contribution in [-0.4, -0.2) is 81.3 Å². The maximum absolute atomic E-state index is 12.0. The summed E-state index contributed by atoms with van der Waals surface area (Å²) in [6.07, 6.45) is 10.1. The molecule has 5 rings (SSSR count). The number of carbonyl (C=O) groups is 3. The summed E-state index contributed by atoms with van der Waals surface area (Å²) < 4.78 is 2.45. The summed E-state index contributed by atoms with van der Waals surface area (Å²) in [7, 11) is 0. The predicted octanol–water partition coefficient (Wildman–Crippen LogP) is 3.97. The number of nitrogens with one attached hydrogen (secondary N) is 3. The lowest BCUT2D eigenvalue weighted by Crippen LogP contribution is -2.61. The normalized spacial score (nSPS) is 23.2. The van der Waals surface area contributed by atoms with E-state index < -0.39 is 18.1 Å². The van der Waals surface area contributed by atoms with Crippen molar-refractivity contribution in [1.29, 1.82) is 5.41 Å². The highest BCUT2D eigenvalue weighted by atomic mass is 79.9. The standard InChI is InChI=1S/C32H38BrN7O4/c1-20-7-8-24(21-10-14-39(15-11-21)27(19-42)26-17-28(43)38-32(44)37-26)29(33)31(34)40-30(20)23(18-36-40)9-13-35-25(12-16-41)22-5-3-2-4-6-22/h2-6,9,13,18-21,26-27,34,41H,7-8,10-12,14-17H2,1H3,(H2,37,38,43,44)/b13-9+,29-24?,34-31?,35-25?. The molecule has 3 atom stereocenters. The number of carbonyl (C=O) groups excluding carboxylic acids is 3. The van der Waals surface area contributed by atoms with Crippen molar-refractivity contribution < 1.29 is 19.5 Å². The van der Waals surface area contributed by atoms with Crippen molar-refractivity contribution in [3.05, 3.63) is 69.6 Å². The molecule has 1 aromatic carbocycles. The summed E-state index contributed by atoms with van der Waals surface area (Å²) in [6, 6.07) is 8.13. The molecule has 3 unspecified atom stereocenters. The van der Waals surface area contributed by atoms with E-state index in [4.69, 9.17) is 5.41 Å². The molecule has 1 aromatic heterocycles. The average Bonchev–Trinajstić information content (AvgIpc) is 3.44. The second-order valence-corrected chi connectivity index (χ2v) is 12.3. The van der Waals surface area contributed by atoms with Gasteiger partial charge >= 0.3 is 6.03 Å². The van der Waals surface area contributed by atoms with E-state index in [1.165, 1.54) is 5.57 Å². The van der Waals surface area contributed by atoms with E-state index in [0.29, 0.717) is 25.3 Å². The molecule has 44 heavy (non-hydrogen) atoms. The van der Waals surface area contributed by atoms with Crippen LogP contribution in [-0.2, 0) is 9.59 Å². The van der Waals surface area contributed by atoms with Crippen LogP contribution in [0, 0.1) is 11.3 Å². The Bertz CT molecular complexity index is 1470. The second kappa shape index (κ2) is 14.4. The van der Waals surface area contributed by atoms with Crippen LogP contribution in [0.25, 0.3) is 6.08 Å². The molecule has 11 nitrogen and oxygen atoms in total.